The average molecular weight is 374 g/mol. The Bertz CT molecular complexity index is 731. The molecule has 138 valence electrons. The van der Waals surface area contributed by atoms with Crippen LogP contribution in [-0.2, 0) is 27.2 Å². The number of amides is 1. The highest BCUT2D eigenvalue weighted by molar-refractivity contribution is 6.31. The number of hydrogen-bond donors (Lipinski definition) is 1. The van der Waals surface area contributed by atoms with Crippen LogP contribution in [0.2, 0.25) is 5.02 Å². The van der Waals surface area contributed by atoms with Gasteiger partial charge in [0.15, 0.2) is 0 Å². The Morgan fingerprint density at radius 1 is 1.04 bits per heavy atom. The molecule has 26 heavy (non-hydrogen) atoms. The zero-order valence-corrected chi connectivity index (χ0v) is 15.7. The first kappa shape index (κ1) is 20.0. The van der Waals surface area contributed by atoms with E-state index in [4.69, 9.17) is 16.3 Å². The molecule has 4 nitrogen and oxygen atoms in total. The number of benzene rings is 2. The first-order valence-electron chi connectivity index (χ1n) is 8.85. The summed E-state index contributed by atoms with van der Waals surface area (Å²) >= 11 is 6.17. The first-order valence-corrected chi connectivity index (χ1v) is 9.23. The number of esters is 1. The molecule has 0 aromatic heterocycles. The lowest BCUT2D eigenvalue weighted by atomic mass is 10.1. The molecule has 0 aliphatic heterocycles. The second-order valence-corrected chi connectivity index (χ2v) is 6.51. The van der Waals surface area contributed by atoms with Crippen LogP contribution in [0.3, 0.4) is 0 Å². The minimum Gasteiger partial charge on any atom is -0.466 e. The second kappa shape index (κ2) is 10.6. The van der Waals surface area contributed by atoms with Gasteiger partial charge in [-0.3, -0.25) is 9.59 Å². The highest BCUT2D eigenvalue weighted by Gasteiger charge is 2.07. The van der Waals surface area contributed by atoms with Gasteiger partial charge in [0.1, 0.15) is 0 Å². The quantitative estimate of drug-likeness (QED) is 0.507. The van der Waals surface area contributed by atoms with Crippen LogP contribution in [-0.4, -0.2) is 18.5 Å². The van der Waals surface area contributed by atoms with E-state index >= 15 is 0 Å². The molecule has 2 aromatic rings. The predicted molar refractivity (Wildman–Crippen MR) is 104 cm³/mol. The number of hydrogen-bond acceptors (Lipinski definition) is 3. The van der Waals surface area contributed by atoms with Crippen molar-refractivity contribution < 1.29 is 14.3 Å². The van der Waals surface area contributed by atoms with Crippen LogP contribution in [0, 0.1) is 0 Å². The van der Waals surface area contributed by atoms with Crippen molar-refractivity contribution in [2.24, 2.45) is 0 Å². The van der Waals surface area contributed by atoms with Crippen LogP contribution in [0.15, 0.2) is 48.5 Å². The summed E-state index contributed by atoms with van der Waals surface area (Å²) in [6.45, 7) is 2.22. The molecule has 0 saturated heterocycles. The lowest BCUT2D eigenvalue weighted by molar-refractivity contribution is -0.143. The van der Waals surface area contributed by atoms with Crippen molar-refractivity contribution in [1.29, 1.82) is 0 Å². The summed E-state index contributed by atoms with van der Waals surface area (Å²) < 4.78 is 4.92. The maximum Gasteiger partial charge on any atom is 0.305 e. The maximum atomic E-state index is 12.2. The Kier molecular flexibility index (Phi) is 8.16. The van der Waals surface area contributed by atoms with Crippen molar-refractivity contribution in [1.82, 2.24) is 0 Å². The molecular formula is C21H24ClNO3. The van der Waals surface area contributed by atoms with Crippen molar-refractivity contribution in [2.75, 3.05) is 11.9 Å². The normalized spacial score (nSPS) is 10.4. The number of ether oxygens (including phenoxy) is 1. The van der Waals surface area contributed by atoms with Gasteiger partial charge >= 0.3 is 5.97 Å². The van der Waals surface area contributed by atoms with Gasteiger partial charge in [-0.1, -0.05) is 41.9 Å². The molecule has 0 unspecified atom stereocenters. The topological polar surface area (TPSA) is 55.4 Å². The number of nitrogens with one attached hydrogen (secondary N) is 1. The molecule has 5 heteroatoms. The third kappa shape index (κ3) is 7.28. The van der Waals surface area contributed by atoms with E-state index in [1.54, 1.807) is 13.0 Å². The molecule has 0 saturated carbocycles. The fourth-order valence-corrected chi connectivity index (χ4v) is 2.94. The van der Waals surface area contributed by atoms with E-state index in [1.165, 1.54) is 0 Å². The molecule has 1 amide bonds. The smallest absolute Gasteiger partial charge is 0.305 e. The third-order valence-electron chi connectivity index (χ3n) is 3.85. The van der Waals surface area contributed by atoms with Gasteiger partial charge < -0.3 is 10.1 Å². The van der Waals surface area contributed by atoms with Gasteiger partial charge in [-0.25, -0.2) is 0 Å². The van der Waals surface area contributed by atoms with Gasteiger partial charge in [-0.2, -0.15) is 0 Å². The number of aryl methyl sites for hydroxylation is 1. The van der Waals surface area contributed by atoms with E-state index in [1.807, 2.05) is 42.5 Å². The SMILES string of the molecule is CCOC(=O)CCCCc1cc(Cl)cc(NC(=O)Cc2ccccc2)c1. The van der Waals surface area contributed by atoms with Crippen LogP contribution in [0.5, 0.6) is 0 Å². The van der Waals surface area contributed by atoms with Gasteiger partial charge in [0, 0.05) is 17.1 Å². The summed E-state index contributed by atoms with van der Waals surface area (Å²) in [5.74, 6) is -0.237. The number of rotatable bonds is 9. The maximum absolute atomic E-state index is 12.2. The van der Waals surface area contributed by atoms with E-state index in [9.17, 15) is 9.59 Å². The Morgan fingerprint density at radius 3 is 2.54 bits per heavy atom. The summed E-state index contributed by atoms with van der Waals surface area (Å²) in [5, 5.41) is 3.49. The third-order valence-corrected chi connectivity index (χ3v) is 4.07. The fraction of sp³-hybridized carbons (Fsp3) is 0.333. The van der Waals surface area contributed by atoms with Crippen molar-refractivity contribution >= 4 is 29.2 Å². The molecule has 0 atom stereocenters. The van der Waals surface area contributed by atoms with E-state index in [-0.39, 0.29) is 11.9 Å². The lowest BCUT2D eigenvalue weighted by Crippen LogP contribution is -2.14. The molecule has 1 N–H and O–H groups in total. The van der Waals surface area contributed by atoms with Gasteiger partial charge in [-0.05, 0) is 55.5 Å². The van der Waals surface area contributed by atoms with Gasteiger partial charge in [0.25, 0.3) is 0 Å². The minimum absolute atomic E-state index is 0.0771. The molecule has 0 heterocycles. The number of halogens is 1. The van der Waals surface area contributed by atoms with Crippen LogP contribution in [0.1, 0.15) is 37.3 Å². The molecular weight excluding hydrogens is 350 g/mol. The molecule has 2 aromatic carbocycles. The van der Waals surface area contributed by atoms with E-state index in [0.717, 1.165) is 30.4 Å². The van der Waals surface area contributed by atoms with Gasteiger partial charge in [-0.15, -0.1) is 0 Å². The molecule has 0 aliphatic rings. The fourth-order valence-electron chi connectivity index (χ4n) is 2.68. The largest absolute Gasteiger partial charge is 0.466 e. The van der Waals surface area contributed by atoms with Crippen LogP contribution in [0.4, 0.5) is 5.69 Å². The Balaban J connectivity index is 1.86. The predicted octanol–water partition coefficient (Wildman–Crippen LogP) is 4.80. The van der Waals surface area contributed by atoms with Crippen molar-refractivity contribution in [3.8, 4) is 0 Å². The van der Waals surface area contributed by atoms with Crippen molar-refractivity contribution in [3.63, 3.8) is 0 Å². The van der Waals surface area contributed by atoms with Gasteiger partial charge in [0.2, 0.25) is 5.91 Å². The summed E-state index contributed by atoms with van der Waals surface area (Å²) in [6, 6.07) is 15.2. The molecule has 2 rings (SSSR count). The molecule has 0 fully saturated rings. The van der Waals surface area contributed by atoms with E-state index in [2.05, 4.69) is 5.32 Å². The first-order chi connectivity index (χ1) is 12.6. The zero-order valence-electron chi connectivity index (χ0n) is 15.0. The molecule has 0 radical (unpaired) electrons. The number of unbranched alkanes of at least 4 members (excludes halogenated alkanes) is 1. The standard InChI is InChI=1S/C21H24ClNO3/c1-2-26-21(25)11-7-6-10-17-12-18(22)15-19(13-17)23-20(24)14-16-8-4-3-5-9-16/h3-5,8-9,12-13,15H,2,6-7,10-11,14H2,1H3,(H,23,24). The summed E-state index contributed by atoms with van der Waals surface area (Å²) in [4.78, 5) is 23.5. The van der Waals surface area contributed by atoms with Gasteiger partial charge in [0.05, 0.1) is 13.0 Å². The summed E-state index contributed by atoms with van der Waals surface area (Å²) in [6.07, 6.45) is 3.16. The second-order valence-electron chi connectivity index (χ2n) is 6.07. The van der Waals surface area contributed by atoms with Crippen LogP contribution >= 0.6 is 11.6 Å². The van der Waals surface area contributed by atoms with E-state index in [0.29, 0.717) is 30.2 Å². The van der Waals surface area contributed by atoms with Crippen molar-refractivity contribution in [2.45, 2.75) is 39.0 Å². The van der Waals surface area contributed by atoms with Crippen LogP contribution in [0.25, 0.3) is 0 Å². The molecule has 0 bridgehead atoms. The average Bonchev–Trinajstić information content (AvgIpc) is 2.59. The van der Waals surface area contributed by atoms with Crippen molar-refractivity contribution in [3.05, 3.63) is 64.7 Å². The number of carbonyl (C=O) groups is 2. The highest BCUT2D eigenvalue weighted by atomic mass is 35.5. The monoisotopic (exact) mass is 373 g/mol. The lowest BCUT2D eigenvalue weighted by Gasteiger charge is -2.09. The zero-order chi connectivity index (χ0) is 18.8. The number of carbonyl (C=O) groups excluding carboxylic acids is 2. The highest BCUT2D eigenvalue weighted by Crippen LogP contribution is 2.21. The van der Waals surface area contributed by atoms with Crippen LogP contribution < -0.4 is 5.32 Å². The Morgan fingerprint density at radius 2 is 1.81 bits per heavy atom. The minimum atomic E-state index is -0.160. The molecule has 0 aliphatic carbocycles. The summed E-state index contributed by atoms with van der Waals surface area (Å²) in [7, 11) is 0. The Labute approximate surface area is 159 Å². The Hall–Kier alpha value is -2.33. The van der Waals surface area contributed by atoms with E-state index < -0.39 is 0 Å². The number of anilines is 1. The summed E-state index contributed by atoms with van der Waals surface area (Å²) in [5.41, 5.74) is 2.70. The molecule has 0 spiro atoms.